The molecule has 1 fully saturated rings. The van der Waals surface area contributed by atoms with Gasteiger partial charge in [-0.25, -0.2) is 13.4 Å². The molecule has 31 heteroatoms. The van der Waals surface area contributed by atoms with Crippen LogP contribution in [0.25, 0.3) is 0 Å². The highest BCUT2D eigenvalue weighted by atomic mass is 32.2. The van der Waals surface area contributed by atoms with Gasteiger partial charge in [0.15, 0.2) is 0 Å². The molecule has 1 aromatic heterocycles. The zero-order chi connectivity index (χ0) is 59.0. The second-order valence-corrected chi connectivity index (χ2v) is 22.6. The Morgan fingerprint density at radius 2 is 1.20 bits per heavy atom. The van der Waals surface area contributed by atoms with Crippen LogP contribution in [0.15, 0.2) is 29.2 Å². The molecule has 80 heavy (non-hydrogen) atoms. The minimum absolute atomic E-state index is 0.0134. The predicted molar refractivity (Wildman–Crippen MR) is 287 cm³/mol. The SMILES string of the molecule is Cc1cc(OCCCC(=O)NCCNC(=O)C(CS(=O)(=O)O)NC(=O)CN2CCN(CC(=O)O)CCN(CC(=O)O)CCN(CC(=O)O)CC2)cc(C)c1S(=O)(=O)NC(CNC(=O)CCCCc1ccc2c(n1)NCCC2)C(=O)O. The number of anilines is 1. The molecular formula is C49H75N11O18S2. The molecular weight excluding hydrogens is 1090 g/mol. The first-order chi connectivity index (χ1) is 37.8. The standard InChI is InChI=1S/C49H75N11O18S2/c1-33-25-37(26-34(2)46(33)80(76,77)56-38(49(71)72)27-53-41(62)9-4-3-8-36-12-11-35-7-5-13-51-47(35)54-36)78-24-6-10-40(61)50-14-15-52-48(70)39(32-79(73,74)75)55-42(63)28-57-16-18-58(29-43(64)65)20-22-60(31-45(68)69)23-21-59(19-17-57)30-44(66)67/h11-12,25-26,38-39,56H,3-10,13-24,27-32H2,1-2H3,(H,50,61)(H,51,54)(H,52,70)(H,53,62)(H,55,63)(H,64,65)(H,66,67)(H,68,69)(H,71,72)(H,73,74,75). The number of nitrogens with zero attached hydrogens (tertiary/aromatic N) is 5. The number of hydrogen-bond donors (Lipinski definition) is 11. The molecule has 0 radical (unpaired) electrons. The number of carboxylic acids is 4. The summed E-state index contributed by atoms with van der Waals surface area (Å²) in [6.07, 6.45) is 4.11. The second kappa shape index (κ2) is 32.6. The van der Waals surface area contributed by atoms with E-state index in [0.29, 0.717) is 19.3 Å². The van der Waals surface area contributed by atoms with Crippen LogP contribution in [0.3, 0.4) is 0 Å². The monoisotopic (exact) mass is 1170 g/mol. The summed E-state index contributed by atoms with van der Waals surface area (Å²) in [6, 6.07) is 3.44. The molecule has 1 aromatic carbocycles. The Balaban J connectivity index is 1.20. The normalized spacial score (nSPS) is 16.0. The number of carbonyl (C=O) groups is 8. The van der Waals surface area contributed by atoms with Crippen molar-refractivity contribution in [3.63, 3.8) is 0 Å². The Kier molecular flexibility index (Phi) is 26.9. The van der Waals surface area contributed by atoms with E-state index in [4.69, 9.17) is 4.74 Å². The molecule has 4 rings (SSSR count). The third-order valence-electron chi connectivity index (χ3n) is 12.8. The van der Waals surface area contributed by atoms with Crippen LogP contribution in [-0.4, -0.2) is 243 Å². The van der Waals surface area contributed by atoms with Gasteiger partial charge in [-0.05, 0) is 87.3 Å². The van der Waals surface area contributed by atoms with E-state index in [9.17, 15) is 80.2 Å². The lowest BCUT2D eigenvalue weighted by molar-refractivity contribution is -0.140. The van der Waals surface area contributed by atoms with Gasteiger partial charge in [-0.2, -0.15) is 13.1 Å². The molecule has 2 aliphatic heterocycles. The summed E-state index contributed by atoms with van der Waals surface area (Å²) >= 11 is 0. The van der Waals surface area contributed by atoms with Crippen molar-refractivity contribution in [1.29, 1.82) is 0 Å². The number of amides is 4. The smallest absolute Gasteiger partial charge is 0.323 e. The van der Waals surface area contributed by atoms with Gasteiger partial charge in [0.05, 0.1) is 37.7 Å². The average Bonchev–Trinajstić information content (AvgIpc) is 3.36. The summed E-state index contributed by atoms with van der Waals surface area (Å²) in [4.78, 5) is 109. The largest absolute Gasteiger partial charge is 0.494 e. The molecule has 446 valence electrons. The van der Waals surface area contributed by atoms with Crippen molar-refractivity contribution < 1.29 is 84.9 Å². The summed E-state index contributed by atoms with van der Waals surface area (Å²) in [6.45, 7) is 2.17. The van der Waals surface area contributed by atoms with Crippen molar-refractivity contribution in [1.82, 2.24) is 50.6 Å². The lowest BCUT2D eigenvalue weighted by Crippen LogP contribution is -2.54. The number of unbranched alkanes of at least 4 members (excludes halogenated alkanes) is 1. The minimum Gasteiger partial charge on any atom is -0.494 e. The van der Waals surface area contributed by atoms with Crippen LogP contribution in [0.5, 0.6) is 5.75 Å². The van der Waals surface area contributed by atoms with E-state index in [0.717, 1.165) is 30.9 Å². The highest BCUT2D eigenvalue weighted by Crippen LogP contribution is 2.26. The van der Waals surface area contributed by atoms with E-state index in [1.54, 1.807) is 9.80 Å². The molecule has 0 aliphatic carbocycles. The van der Waals surface area contributed by atoms with Crippen LogP contribution in [0.4, 0.5) is 5.82 Å². The lowest BCUT2D eigenvalue weighted by atomic mass is 10.1. The Labute approximate surface area is 464 Å². The molecule has 2 atom stereocenters. The van der Waals surface area contributed by atoms with E-state index in [2.05, 4.69) is 42.4 Å². The average molecular weight is 1170 g/mol. The molecule has 11 N–H and O–H groups in total. The topological polar surface area (TPSA) is 413 Å². The molecule has 3 heterocycles. The highest BCUT2D eigenvalue weighted by Gasteiger charge is 2.30. The Bertz CT molecular complexity index is 2660. The Morgan fingerprint density at radius 1 is 0.675 bits per heavy atom. The maximum Gasteiger partial charge on any atom is 0.323 e. The van der Waals surface area contributed by atoms with Crippen LogP contribution in [-0.2, 0) is 71.3 Å². The number of sulfonamides is 1. The van der Waals surface area contributed by atoms with Gasteiger partial charge in [0.1, 0.15) is 29.4 Å². The first kappa shape index (κ1) is 65.9. The number of benzene rings is 1. The van der Waals surface area contributed by atoms with Gasteiger partial charge >= 0.3 is 23.9 Å². The maximum atomic E-state index is 13.5. The summed E-state index contributed by atoms with van der Waals surface area (Å²) in [5, 5.41) is 51.2. The van der Waals surface area contributed by atoms with E-state index in [1.807, 2.05) is 6.07 Å². The van der Waals surface area contributed by atoms with Crippen molar-refractivity contribution in [3.8, 4) is 5.75 Å². The van der Waals surface area contributed by atoms with Crippen molar-refractivity contribution in [2.24, 2.45) is 0 Å². The van der Waals surface area contributed by atoms with Crippen LogP contribution in [0, 0.1) is 13.8 Å². The van der Waals surface area contributed by atoms with Gasteiger partial charge in [-0.1, -0.05) is 6.07 Å². The molecule has 4 amide bonds. The number of aromatic nitrogens is 1. The maximum absolute atomic E-state index is 13.5. The molecule has 29 nitrogen and oxygen atoms in total. The van der Waals surface area contributed by atoms with Gasteiger partial charge in [0.25, 0.3) is 10.1 Å². The zero-order valence-corrected chi connectivity index (χ0v) is 46.6. The molecule has 2 aromatic rings. The fourth-order valence-corrected chi connectivity index (χ4v) is 11.2. The number of pyridine rings is 1. The fraction of sp³-hybridized carbons (Fsp3) is 0.612. The second-order valence-electron chi connectivity index (χ2n) is 19.5. The summed E-state index contributed by atoms with van der Waals surface area (Å²) in [5.41, 5.74) is 2.55. The summed E-state index contributed by atoms with van der Waals surface area (Å²) in [5.74, 6) is -7.75. The van der Waals surface area contributed by atoms with Crippen LogP contribution < -0.4 is 36.0 Å². The number of rotatable bonds is 31. The number of carboxylic acid groups (broad SMARTS) is 4. The zero-order valence-electron chi connectivity index (χ0n) is 44.9. The van der Waals surface area contributed by atoms with E-state index in [-0.39, 0.29) is 120 Å². The summed E-state index contributed by atoms with van der Waals surface area (Å²) in [7, 11) is -9.25. The number of fused-ring (bicyclic) bond motifs is 1. The van der Waals surface area contributed by atoms with Gasteiger partial charge in [0, 0.05) is 97.1 Å². The third kappa shape index (κ3) is 24.8. The highest BCUT2D eigenvalue weighted by molar-refractivity contribution is 7.89. The van der Waals surface area contributed by atoms with E-state index < -0.39 is 112 Å². The van der Waals surface area contributed by atoms with E-state index >= 15 is 0 Å². The molecule has 2 aliphatic rings. The Hall–Kier alpha value is -6.61. The van der Waals surface area contributed by atoms with E-state index in [1.165, 1.54) is 41.3 Å². The Morgan fingerprint density at radius 3 is 1.74 bits per heavy atom. The van der Waals surface area contributed by atoms with Crippen molar-refractivity contribution >= 4 is 73.5 Å². The number of nitrogens with one attached hydrogen (secondary N) is 6. The van der Waals surface area contributed by atoms with Gasteiger partial charge < -0.3 is 51.7 Å². The number of carbonyl (C=O) groups excluding carboxylic acids is 4. The van der Waals surface area contributed by atoms with Crippen LogP contribution in [0.2, 0.25) is 0 Å². The molecule has 0 saturated carbocycles. The van der Waals surface area contributed by atoms with Crippen molar-refractivity contribution in [2.75, 3.05) is 122 Å². The fourth-order valence-electron chi connectivity index (χ4n) is 8.89. The number of ether oxygens (including phenoxy) is 1. The number of aliphatic carboxylic acids is 4. The van der Waals surface area contributed by atoms with Gasteiger partial charge in [0.2, 0.25) is 33.7 Å². The quantitative estimate of drug-likeness (QED) is 0.0276. The predicted octanol–water partition coefficient (Wildman–Crippen LogP) is -2.44. The lowest BCUT2D eigenvalue weighted by Gasteiger charge is -2.33. The minimum atomic E-state index is -4.84. The van der Waals surface area contributed by atoms with Gasteiger partial charge in [-0.3, -0.25) is 62.5 Å². The number of aryl methyl sites for hydroxylation is 4. The van der Waals surface area contributed by atoms with Crippen LogP contribution >= 0.6 is 0 Å². The van der Waals surface area contributed by atoms with Gasteiger partial charge in [-0.15, -0.1) is 0 Å². The molecule has 0 spiro atoms. The summed E-state index contributed by atoms with van der Waals surface area (Å²) < 4.78 is 68.4. The van der Waals surface area contributed by atoms with Crippen LogP contribution in [0.1, 0.15) is 60.9 Å². The molecule has 2 unspecified atom stereocenters. The molecule has 1 saturated heterocycles. The molecule has 0 bridgehead atoms. The van der Waals surface area contributed by atoms with Crippen molar-refractivity contribution in [3.05, 3.63) is 46.6 Å². The number of hydrogen-bond acceptors (Lipinski definition) is 19. The first-order valence-corrected chi connectivity index (χ1v) is 29.2. The van der Waals surface area contributed by atoms with Crippen molar-refractivity contribution in [2.45, 2.75) is 82.2 Å². The third-order valence-corrected chi connectivity index (χ3v) is 15.3. The first-order valence-electron chi connectivity index (χ1n) is 26.1.